The van der Waals surface area contributed by atoms with Gasteiger partial charge in [-0.1, -0.05) is 19.1 Å². The van der Waals surface area contributed by atoms with E-state index in [1.165, 1.54) is 9.13 Å². The molecule has 104 valence electrons. The molecular formula is C15H20INO2. The standard InChI is InChI=1S/C15H20INO2/c1-3-15(14(18)19)9-4-10-17(15)11(2)12-5-7-13(16)8-6-12/h5-8,11H,3-4,9-10H2,1-2H3,(H,18,19). The number of hydrogen-bond donors (Lipinski definition) is 1. The van der Waals surface area contributed by atoms with Gasteiger partial charge >= 0.3 is 5.97 Å². The molecule has 1 saturated heterocycles. The van der Waals surface area contributed by atoms with Gasteiger partial charge in [0.05, 0.1) is 0 Å². The number of benzene rings is 1. The SMILES string of the molecule is CCC1(C(=O)O)CCCN1C(C)c1ccc(I)cc1. The Bertz CT molecular complexity index is 460. The van der Waals surface area contributed by atoms with Gasteiger partial charge in [-0.25, -0.2) is 0 Å². The molecule has 0 aliphatic carbocycles. The van der Waals surface area contributed by atoms with Crippen molar-refractivity contribution in [2.24, 2.45) is 0 Å². The van der Waals surface area contributed by atoms with Crippen LogP contribution in [0.5, 0.6) is 0 Å². The Morgan fingerprint density at radius 1 is 1.47 bits per heavy atom. The zero-order chi connectivity index (χ0) is 14.0. The molecule has 1 aliphatic rings. The van der Waals surface area contributed by atoms with Crippen molar-refractivity contribution in [3.05, 3.63) is 33.4 Å². The fourth-order valence-electron chi connectivity index (χ4n) is 3.15. The third-order valence-corrected chi connectivity index (χ3v) is 5.06. The van der Waals surface area contributed by atoms with Gasteiger partial charge in [0.2, 0.25) is 0 Å². The maximum absolute atomic E-state index is 11.7. The molecule has 1 fully saturated rings. The maximum Gasteiger partial charge on any atom is 0.324 e. The summed E-state index contributed by atoms with van der Waals surface area (Å²) in [5.74, 6) is -0.676. The van der Waals surface area contributed by atoms with E-state index < -0.39 is 11.5 Å². The van der Waals surface area contributed by atoms with Crippen LogP contribution >= 0.6 is 22.6 Å². The number of aliphatic carboxylic acids is 1. The Morgan fingerprint density at radius 3 is 2.63 bits per heavy atom. The summed E-state index contributed by atoms with van der Waals surface area (Å²) in [6.07, 6.45) is 2.39. The predicted octanol–water partition coefficient (Wildman–Crippen LogP) is 3.68. The van der Waals surface area contributed by atoms with Crippen molar-refractivity contribution in [1.29, 1.82) is 0 Å². The van der Waals surface area contributed by atoms with E-state index in [-0.39, 0.29) is 6.04 Å². The van der Waals surface area contributed by atoms with Crippen molar-refractivity contribution in [2.75, 3.05) is 6.54 Å². The third-order valence-electron chi connectivity index (χ3n) is 4.34. The Kier molecular flexibility index (Phi) is 4.50. The Balaban J connectivity index is 2.29. The average molecular weight is 373 g/mol. The van der Waals surface area contributed by atoms with Crippen molar-refractivity contribution in [2.45, 2.75) is 44.7 Å². The summed E-state index contributed by atoms with van der Waals surface area (Å²) in [5, 5.41) is 9.63. The maximum atomic E-state index is 11.7. The summed E-state index contributed by atoms with van der Waals surface area (Å²) < 4.78 is 1.20. The van der Waals surface area contributed by atoms with E-state index in [1.54, 1.807) is 0 Å². The van der Waals surface area contributed by atoms with Crippen LogP contribution in [-0.2, 0) is 4.79 Å². The van der Waals surface area contributed by atoms with E-state index >= 15 is 0 Å². The molecule has 2 rings (SSSR count). The molecule has 0 bridgehead atoms. The van der Waals surface area contributed by atoms with E-state index in [0.717, 1.165) is 19.4 Å². The minimum atomic E-state index is -0.678. The topological polar surface area (TPSA) is 40.5 Å². The average Bonchev–Trinajstić information content (AvgIpc) is 2.83. The van der Waals surface area contributed by atoms with Crippen LogP contribution in [-0.4, -0.2) is 28.1 Å². The van der Waals surface area contributed by atoms with Gasteiger partial charge in [-0.3, -0.25) is 9.69 Å². The summed E-state index contributed by atoms with van der Waals surface area (Å²) in [6.45, 7) is 4.96. The quantitative estimate of drug-likeness (QED) is 0.819. The molecule has 3 nitrogen and oxygen atoms in total. The normalized spacial score (nSPS) is 25.4. The first kappa shape index (κ1) is 14.8. The summed E-state index contributed by atoms with van der Waals surface area (Å²) in [5.41, 5.74) is 0.518. The third kappa shape index (κ3) is 2.65. The number of likely N-dealkylation sites (tertiary alicyclic amines) is 1. The highest BCUT2D eigenvalue weighted by atomic mass is 127. The van der Waals surface area contributed by atoms with Gasteiger partial charge in [-0.15, -0.1) is 0 Å². The van der Waals surface area contributed by atoms with Crippen LogP contribution in [0.25, 0.3) is 0 Å². The molecule has 2 atom stereocenters. The minimum absolute atomic E-state index is 0.149. The Hall–Kier alpha value is -0.620. The molecule has 0 radical (unpaired) electrons. The van der Waals surface area contributed by atoms with E-state index in [9.17, 15) is 9.90 Å². The molecular weight excluding hydrogens is 353 g/mol. The van der Waals surface area contributed by atoms with E-state index in [1.807, 2.05) is 6.92 Å². The van der Waals surface area contributed by atoms with Crippen molar-refractivity contribution >= 4 is 28.6 Å². The number of rotatable bonds is 4. The summed E-state index contributed by atoms with van der Waals surface area (Å²) in [4.78, 5) is 13.9. The molecule has 0 amide bonds. The number of halogens is 1. The van der Waals surface area contributed by atoms with Gasteiger partial charge in [0.25, 0.3) is 0 Å². The van der Waals surface area contributed by atoms with Gasteiger partial charge in [0.15, 0.2) is 0 Å². The van der Waals surface area contributed by atoms with Crippen LogP contribution in [0.1, 0.15) is 44.7 Å². The number of nitrogens with zero attached hydrogens (tertiary/aromatic N) is 1. The van der Waals surface area contributed by atoms with Gasteiger partial charge in [0.1, 0.15) is 5.54 Å². The molecule has 1 N–H and O–H groups in total. The van der Waals surface area contributed by atoms with Crippen LogP contribution < -0.4 is 0 Å². The molecule has 4 heteroatoms. The Morgan fingerprint density at radius 2 is 2.11 bits per heavy atom. The smallest absolute Gasteiger partial charge is 0.324 e. The van der Waals surface area contributed by atoms with Crippen molar-refractivity contribution in [1.82, 2.24) is 4.90 Å². The highest BCUT2D eigenvalue weighted by Gasteiger charge is 2.48. The fourth-order valence-corrected chi connectivity index (χ4v) is 3.51. The first-order chi connectivity index (χ1) is 9.01. The molecule has 0 aromatic heterocycles. The number of carbonyl (C=O) groups is 1. The molecule has 1 aliphatic heterocycles. The summed E-state index contributed by atoms with van der Waals surface area (Å²) >= 11 is 2.29. The van der Waals surface area contributed by atoms with E-state index in [4.69, 9.17) is 0 Å². The zero-order valence-corrected chi connectivity index (χ0v) is 13.6. The second-order valence-corrected chi connectivity index (χ2v) is 6.46. The second kappa shape index (κ2) is 5.79. The van der Waals surface area contributed by atoms with Crippen LogP contribution in [0.15, 0.2) is 24.3 Å². The van der Waals surface area contributed by atoms with Crippen LogP contribution in [0.3, 0.4) is 0 Å². The highest BCUT2D eigenvalue weighted by molar-refractivity contribution is 14.1. The van der Waals surface area contributed by atoms with Crippen LogP contribution in [0.4, 0.5) is 0 Å². The number of carboxylic acids is 1. The first-order valence-electron chi connectivity index (χ1n) is 6.77. The molecule has 1 aromatic rings. The fraction of sp³-hybridized carbons (Fsp3) is 0.533. The second-order valence-electron chi connectivity index (χ2n) is 5.21. The largest absolute Gasteiger partial charge is 0.480 e. The molecule has 2 unspecified atom stereocenters. The lowest BCUT2D eigenvalue weighted by atomic mass is 9.91. The van der Waals surface area contributed by atoms with Crippen LogP contribution in [0, 0.1) is 3.57 Å². The first-order valence-corrected chi connectivity index (χ1v) is 7.85. The van der Waals surface area contributed by atoms with E-state index in [2.05, 4.69) is 58.7 Å². The summed E-state index contributed by atoms with van der Waals surface area (Å²) in [6, 6.07) is 8.52. The minimum Gasteiger partial charge on any atom is -0.480 e. The van der Waals surface area contributed by atoms with Crippen LogP contribution in [0.2, 0.25) is 0 Å². The van der Waals surface area contributed by atoms with Crippen molar-refractivity contribution in [3.63, 3.8) is 0 Å². The molecule has 1 aromatic carbocycles. The lowest BCUT2D eigenvalue weighted by Crippen LogP contribution is -2.50. The van der Waals surface area contributed by atoms with Crippen molar-refractivity contribution < 1.29 is 9.90 Å². The number of carboxylic acid groups (broad SMARTS) is 1. The van der Waals surface area contributed by atoms with Gasteiger partial charge in [-0.05, 0) is 73.0 Å². The lowest BCUT2D eigenvalue weighted by Gasteiger charge is -2.38. The van der Waals surface area contributed by atoms with E-state index in [0.29, 0.717) is 6.42 Å². The summed E-state index contributed by atoms with van der Waals surface area (Å²) in [7, 11) is 0. The monoisotopic (exact) mass is 373 g/mol. The molecule has 1 heterocycles. The van der Waals surface area contributed by atoms with Crippen molar-refractivity contribution in [3.8, 4) is 0 Å². The number of hydrogen-bond acceptors (Lipinski definition) is 2. The highest BCUT2D eigenvalue weighted by Crippen LogP contribution is 2.39. The predicted molar refractivity (Wildman–Crippen MR) is 84.2 cm³/mol. The molecule has 19 heavy (non-hydrogen) atoms. The van der Waals surface area contributed by atoms with Gasteiger partial charge in [-0.2, -0.15) is 0 Å². The molecule has 0 spiro atoms. The lowest BCUT2D eigenvalue weighted by molar-refractivity contribution is -0.151. The zero-order valence-electron chi connectivity index (χ0n) is 11.4. The Labute approximate surface area is 128 Å². The van der Waals surface area contributed by atoms with Gasteiger partial charge < -0.3 is 5.11 Å². The van der Waals surface area contributed by atoms with Gasteiger partial charge in [0, 0.05) is 9.61 Å². The molecule has 0 saturated carbocycles.